The van der Waals surface area contributed by atoms with Crippen molar-refractivity contribution < 1.29 is 13.6 Å². The summed E-state index contributed by atoms with van der Waals surface area (Å²) in [6.07, 6.45) is 0. The van der Waals surface area contributed by atoms with Crippen molar-refractivity contribution >= 4 is 34.1 Å². The molecule has 0 bridgehead atoms. The molecule has 0 aliphatic rings. The Balaban J connectivity index is 1.36. The Morgan fingerprint density at radius 1 is 1.17 bits per heavy atom. The van der Waals surface area contributed by atoms with E-state index in [1.54, 1.807) is 10.1 Å². The first-order valence-electron chi connectivity index (χ1n) is 8.72. The number of thiazole rings is 1. The summed E-state index contributed by atoms with van der Waals surface area (Å²) in [6.45, 7) is 0.493. The fourth-order valence-electron chi connectivity index (χ4n) is 2.59. The van der Waals surface area contributed by atoms with Gasteiger partial charge >= 0.3 is 0 Å². The minimum absolute atomic E-state index is 0.0428. The van der Waals surface area contributed by atoms with Crippen LogP contribution in [0.2, 0.25) is 0 Å². The van der Waals surface area contributed by atoms with E-state index in [0.717, 1.165) is 35.1 Å². The molecule has 2 aromatic carbocycles. The molecule has 4 aromatic rings. The molecule has 0 saturated heterocycles. The fourth-order valence-corrected chi connectivity index (χ4v) is 3.99. The van der Waals surface area contributed by atoms with Crippen LogP contribution in [0.1, 0.15) is 5.56 Å². The largest absolute Gasteiger partial charge is 0.301 e. The Kier molecular flexibility index (Phi) is 6.10. The van der Waals surface area contributed by atoms with E-state index in [9.17, 15) is 13.6 Å². The quantitative estimate of drug-likeness (QED) is 0.436. The molecule has 4 rings (SSSR count). The Morgan fingerprint density at radius 2 is 2.00 bits per heavy atom. The van der Waals surface area contributed by atoms with Crippen LogP contribution in [-0.4, -0.2) is 36.9 Å². The van der Waals surface area contributed by atoms with E-state index in [1.165, 1.54) is 11.8 Å². The second-order valence-corrected chi connectivity index (χ2v) is 7.90. The van der Waals surface area contributed by atoms with E-state index in [0.29, 0.717) is 16.8 Å². The van der Waals surface area contributed by atoms with E-state index in [4.69, 9.17) is 0 Å². The Bertz CT molecular complexity index is 1160. The predicted molar refractivity (Wildman–Crippen MR) is 110 cm³/mol. The van der Waals surface area contributed by atoms with Crippen molar-refractivity contribution in [3.63, 3.8) is 0 Å². The molecule has 0 aliphatic carbocycles. The molecule has 0 atom stereocenters. The van der Waals surface area contributed by atoms with E-state index in [-0.39, 0.29) is 22.9 Å². The molecule has 30 heavy (non-hydrogen) atoms. The lowest BCUT2D eigenvalue weighted by atomic mass is 10.1. The summed E-state index contributed by atoms with van der Waals surface area (Å²) in [6, 6.07) is 12.9. The predicted octanol–water partition coefficient (Wildman–Crippen LogP) is 3.85. The standard InChI is InChI=1S/C19H14F2N6OS2/c20-13-6-7-15(21)14(8-13)16-10-29-18(22-16)23-17(28)11-30-19-24-25-26-27(19)9-12-4-2-1-3-5-12/h1-8,10H,9,11H2,(H,22,23,28). The third kappa shape index (κ3) is 4.86. The van der Waals surface area contributed by atoms with Gasteiger partial charge in [0.25, 0.3) is 0 Å². The topological polar surface area (TPSA) is 85.6 Å². The van der Waals surface area contributed by atoms with Crippen LogP contribution >= 0.6 is 23.1 Å². The van der Waals surface area contributed by atoms with Crippen LogP contribution in [0, 0.1) is 11.6 Å². The van der Waals surface area contributed by atoms with Gasteiger partial charge in [-0.1, -0.05) is 42.1 Å². The summed E-state index contributed by atoms with van der Waals surface area (Å²) in [7, 11) is 0. The van der Waals surface area contributed by atoms with Gasteiger partial charge in [0, 0.05) is 10.9 Å². The Hall–Kier alpha value is -3.18. The molecule has 1 N–H and O–H groups in total. The normalized spacial score (nSPS) is 10.9. The van der Waals surface area contributed by atoms with E-state index < -0.39 is 11.6 Å². The number of amides is 1. The number of aromatic nitrogens is 5. The molecule has 0 unspecified atom stereocenters. The molecular weight excluding hydrogens is 430 g/mol. The number of nitrogens with zero attached hydrogens (tertiary/aromatic N) is 5. The molecule has 0 saturated carbocycles. The lowest BCUT2D eigenvalue weighted by Crippen LogP contribution is -2.14. The maximum Gasteiger partial charge on any atom is 0.236 e. The van der Waals surface area contributed by atoms with Crippen LogP contribution in [0.4, 0.5) is 13.9 Å². The number of carbonyl (C=O) groups excluding carboxylic acids is 1. The summed E-state index contributed by atoms with van der Waals surface area (Å²) in [5.74, 6) is -1.39. The summed E-state index contributed by atoms with van der Waals surface area (Å²) in [5, 5.41) is 16.6. The van der Waals surface area contributed by atoms with Gasteiger partial charge in [0.15, 0.2) is 5.13 Å². The Morgan fingerprint density at radius 3 is 2.83 bits per heavy atom. The zero-order valence-electron chi connectivity index (χ0n) is 15.3. The Labute approximate surface area is 178 Å². The molecule has 2 heterocycles. The van der Waals surface area contributed by atoms with Crippen LogP contribution in [-0.2, 0) is 11.3 Å². The number of benzene rings is 2. The summed E-state index contributed by atoms with van der Waals surface area (Å²) < 4.78 is 28.9. The van der Waals surface area contributed by atoms with Crippen LogP contribution in [0.3, 0.4) is 0 Å². The van der Waals surface area contributed by atoms with Gasteiger partial charge in [-0.3, -0.25) is 4.79 Å². The van der Waals surface area contributed by atoms with Gasteiger partial charge in [0.2, 0.25) is 11.1 Å². The number of rotatable bonds is 7. The highest BCUT2D eigenvalue weighted by atomic mass is 32.2. The number of hydrogen-bond acceptors (Lipinski definition) is 7. The highest BCUT2D eigenvalue weighted by molar-refractivity contribution is 7.99. The molecule has 1 amide bonds. The van der Waals surface area contributed by atoms with Crippen LogP contribution in [0.25, 0.3) is 11.3 Å². The lowest BCUT2D eigenvalue weighted by Gasteiger charge is -2.04. The number of thioether (sulfide) groups is 1. The maximum absolute atomic E-state index is 13.9. The molecule has 152 valence electrons. The van der Waals surface area contributed by atoms with Gasteiger partial charge in [0.1, 0.15) is 11.6 Å². The van der Waals surface area contributed by atoms with Gasteiger partial charge in [0.05, 0.1) is 18.0 Å². The average Bonchev–Trinajstić information content (AvgIpc) is 3.38. The van der Waals surface area contributed by atoms with Crippen molar-refractivity contribution in [2.45, 2.75) is 11.7 Å². The van der Waals surface area contributed by atoms with Crippen LogP contribution < -0.4 is 5.32 Å². The van der Waals surface area contributed by atoms with Crippen LogP contribution in [0.15, 0.2) is 59.1 Å². The van der Waals surface area contributed by atoms with Gasteiger partial charge in [-0.15, -0.1) is 16.4 Å². The molecule has 0 aliphatic heterocycles. The monoisotopic (exact) mass is 444 g/mol. The van der Waals surface area contributed by atoms with Crippen LogP contribution in [0.5, 0.6) is 0 Å². The second-order valence-electron chi connectivity index (χ2n) is 6.10. The maximum atomic E-state index is 13.9. The van der Waals surface area contributed by atoms with Crippen molar-refractivity contribution in [1.29, 1.82) is 0 Å². The molecule has 0 fully saturated rings. The van der Waals surface area contributed by atoms with Crippen molar-refractivity contribution in [3.05, 3.63) is 71.1 Å². The average molecular weight is 444 g/mol. The third-order valence-corrected chi connectivity index (χ3v) is 5.68. The zero-order chi connectivity index (χ0) is 20.9. The minimum Gasteiger partial charge on any atom is -0.301 e. The second kappa shape index (κ2) is 9.09. The van der Waals surface area contributed by atoms with Crippen molar-refractivity contribution in [1.82, 2.24) is 25.2 Å². The summed E-state index contributed by atoms with van der Waals surface area (Å²) in [4.78, 5) is 16.4. The number of hydrogen-bond donors (Lipinski definition) is 1. The van der Waals surface area contributed by atoms with E-state index in [1.807, 2.05) is 30.3 Å². The van der Waals surface area contributed by atoms with Gasteiger partial charge < -0.3 is 5.32 Å². The van der Waals surface area contributed by atoms with Gasteiger partial charge in [-0.2, -0.15) is 0 Å². The fraction of sp³-hybridized carbons (Fsp3) is 0.105. The van der Waals surface area contributed by atoms with Crippen molar-refractivity contribution in [2.75, 3.05) is 11.1 Å². The molecule has 7 nitrogen and oxygen atoms in total. The molecule has 11 heteroatoms. The minimum atomic E-state index is -0.583. The van der Waals surface area contributed by atoms with Crippen molar-refractivity contribution in [3.8, 4) is 11.3 Å². The highest BCUT2D eigenvalue weighted by Crippen LogP contribution is 2.28. The third-order valence-electron chi connectivity index (χ3n) is 3.96. The van der Waals surface area contributed by atoms with Gasteiger partial charge in [-0.25, -0.2) is 18.4 Å². The number of halogens is 2. The number of tetrazole rings is 1. The summed E-state index contributed by atoms with van der Waals surface area (Å²) >= 11 is 2.32. The van der Waals surface area contributed by atoms with Gasteiger partial charge in [-0.05, 0) is 34.2 Å². The first-order valence-corrected chi connectivity index (χ1v) is 10.6. The molecule has 0 radical (unpaired) electrons. The summed E-state index contributed by atoms with van der Waals surface area (Å²) in [5.41, 5.74) is 1.34. The SMILES string of the molecule is O=C(CSc1nnnn1Cc1ccccc1)Nc1nc(-c2cc(F)ccc2F)cs1. The molecule has 0 spiro atoms. The number of carbonyl (C=O) groups is 1. The smallest absolute Gasteiger partial charge is 0.236 e. The molecule has 2 aromatic heterocycles. The lowest BCUT2D eigenvalue weighted by molar-refractivity contribution is -0.113. The zero-order valence-corrected chi connectivity index (χ0v) is 17.0. The first kappa shape index (κ1) is 20.1. The van der Waals surface area contributed by atoms with Crippen molar-refractivity contribution in [2.24, 2.45) is 0 Å². The van der Waals surface area contributed by atoms with E-state index >= 15 is 0 Å². The number of nitrogens with one attached hydrogen (secondary N) is 1. The first-order chi connectivity index (χ1) is 14.6. The number of anilines is 1. The van der Waals surface area contributed by atoms with E-state index in [2.05, 4.69) is 25.8 Å². The molecular formula is C19H14F2N6OS2. The highest BCUT2D eigenvalue weighted by Gasteiger charge is 2.14.